The Morgan fingerprint density at radius 2 is 1.82 bits per heavy atom. The fourth-order valence-electron chi connectivity index (χ4n) is 2.60. The number of carbonyl (C=O) groups excluding carboxylic acids is 1. The van der Waals surface area contributed by atoms with E-state index in [0.717, 1.165) is 24.2 Å². The van der Waals surface area contributed by atoms with Crippen molar-refractivity contribution in [1.82, 2.24) is 10.0 Å². The van der Waals surface area contributed by atoms with Crippen LogP contribution in [0.15, 0.2) is 41.3 Å². The van der Waals surface area contributed by atoms with Crippen LogP contribution in [0.1, 0.15) is 28.8 Å². The molecule has 1 aliphatic carbocycles. The zero-order chi connectivity index (χ0) is 20.3. The minimum atomic E-state index is -3.90. The van der Waals surface area contributed by atoms with Gasteiger partial charge < -0.3 is 10.1 Å². The molecule has 0 atom stereocenters. The number of amides is 1. The lowest BCUT2D eigenvalue weighted by atomic mass is 10.1. The van der Waals surface area contributed by atoms with Gasteiger partial charge in [-0.3, -0.25) is 4.79 Å². The van der Waals surface area contributed by atoms with E-state index in [1.807, 2.05) is 24.3 Å². The lowest BCUT2D eigenvalue weighted by Gasteiger charge is -2.12. The predicted molar refractivity (Wildman–Crippen MR) is 109 cm³/mol. The number of sulfonamides is 1. The Morgan fingerprint density at radius 1 is 1.14 bits per heavy atom. The molecule has 2 aromatic carbocycles. The lowest BCUT2D eigenvalue weighted by Crippen LogP contribution is -2.28. The molecule has 2 N–H and O–H groups in total. The summed E-state index contributed by atoms with van der Waals surface area (Å²) in [6.07, 6.45) is 2.31. The third kappa shape index (κ3) is 5.17. The monoisotopic (exact) mass is 442 g/mol. The molecule has 28 heavy (non-hydrogen) atoms. The van der Waals surface area contributed by atoms with E-state index >= 15 is 0 Å². The topological polar surface area (TPSA) is 84.5 Å². The van der Waals surface area contributed by atoms with Crippen molar-refractivity contribution in [3.8, 4) is 5.75 Å². The van der Waals surface area contributed by atoms with Crippen LogP contribution in [0, 0.1) is 0 Å². The number of hydrogen-bond acceptors (Lipinski definition) is 4. The van der Waals surface area contributed by atoms with E-state index in [1.54, 1.807) is 7.11 Å². The van der Waals surface area contributed by atoms with Crippen molar-refractivity contribution in [2.45, 2.75) is 30.2 Å². The SMILES string of the molecule is COc1ccc(CCNS(=O)(=O)c2cc(C(=O)NC3CC3)c(Cl)cc2Cl)cc1. The number of ether oxygens (including phenoxy) is 1. The lowest BCUT2D eigenvalue weighted by molar-refractivity contribution is 0.0951. The van der Waals surface area contributed by atoms with Crippen LogP contribution in [0.5, 0.6) is 5.75 Å². The van der Waals surface area contributed by atoms with Crippen molar-refractivity contribution in [2.75, 3.05) is 13.7 Å². The van der Waals surface area contributed by atoms with Crippen LogP contribution in [0.3, 0.4) is 0 Å². The number of carbonyl (C=O) groups is 1. The molecule has 0 unspecified atom stereocenters. The maximum absolute atomic E-state index is 12.7. The molecule has 3 rings (SSSR count). The van der Waals surface area contributed by atoms with Crippen molar-refractivity contribution in [3.63, 3.8) is 0 Å². The van der Waals surface area contributed by atoms with Crippen LogP contribution in [0.4, 0.5) is 0 Å². The van der Waals surface area contributed by atoms with E-state index in [4.69, 9.17) is 27.9 Å². The summed E-state index contributed by atoms with van der Waals surface area (Å²) in [6.45, 7) is 0.178. The Labute approximate surface area is 174 Å². The standard InChI is InChI=1S/C19H20Cl2N2O4S/c1-27-14-6-2-12(3-7-14)8-9-22-28(25,26)18-10-15(16(20)11-17(18)21)19(24)23-13-4-5-13/h2-3,6-7,10-11,13,22H,4-5,8-9H2,1H3,(H,23,24). The molecule has 0 bridgehead atoms. The molecular formula is C19H20Cl2N2O4S. The van der Waals surface area contributed by atoms with Gasteiger partial charge in [0.05, 0.1) is 22.7 Å². The molecule has 9 heteroatoms. The fourth-order valence-corrected chi connectivity index (χ4v) is 4.49. The van der Waals surface area contributed by atoms with Gasteiger partial charge in [0.1, 0.15) is 10.6 Å². The molecular weight excluding hydrogens is 423 g/mol. The number of nitrogens with one attached hydrogen (secondary N) is 2. The first-order valence-electron chi connectivity index (χ1n) is 8.72. The zero-order valence-electron chi connectivity index (χ0n) is 15.2. The maximum Gasteiger partial charge on any atom is 0.253 e. The zero-order valence-corrected chi connectivity index (χ0v) is 17.5. The average molecular weight is 443 g/mol. The summed E-state index contributed by atoms with van der Waals surface area (Å²) in [4.78, 5) is 12.1. The summed E-state index contributed by atoms with van der Waals surface area (Å²) in [6, 6.07) is 9.98. The third-order valence-electron chi connectivity index (χ3n) is 4.33. The van der Waals surface area contributed by atoms with E-state index in [-0.39, 0.29) is 33.1 Å². The molecule has 0 aliphatic heterocycles. The molecule has 0 spiro atoms. The van der Waals surface area contributed by atoms with Crippen LogP contribution in [0.2, 0.25) is 10.0 Å². The maximum atomic E-state index is 12.7. The van der Waals surface area contributed by atoms with E-state index in [2.05, 4.69) is 10.0 Å². The van der Waals surface area contributed by atoms with Gasteiger partial charge in [0.25, 0.3) is 5.91 Å². The molecule has 1 aliphatic rings. The number of halogens is 2. The van der Waals surface area contributed by atoms with E-state index < -0.39 is 15.9 Å². The first kappa shape index (κ1) is 20.9. The quantitative estimate of drug-likeness (QED) is 0.655. The Balaban J connectivity index is 1.71. The van der Waals surface area contributed by atoms with Gasteiger partial charge in [-0.2, -0.15) is 0 Å². The fraction of sp³-hybridized carbons (Fsp3) is 0.316. The summed E-state index contributed by atoms with van der Waals surface area (Å²) in [5.74, 6) is 0.327. The van der Waals surface area contributed by atoms with Gasteiger partial charge in [0.15, 0.2) is 0 Å². The van der Waals surface area contributed by atoms with Crippen molar-refractivity contribution in [1.29, 1.82) is 0 Å². The highest BCUT2D eigenvalue weighted by atomic mass is 35.5. The number of benzene rings is 2. The van der Waals surface area contributed by atoms with Crippen LogP contribution in [-0.2, 0) is 16.4 Å². The highest BCUT2D eigenvalue weighted by molar-refractivity contribution is 7.89. The molecule has 2 aromatic rings. The van der Waals surface area contributed by atoms with Gasteiger partial charge in [0.2, 0.25) is 10.0 Å². The van der Waals surface area contributed by atoms with E-state index in [1.165, 1.54) is 12.1 Å². The number of hydrogen-bond donors (Lipinski definition) is 2. The van der Waals surface area contributed by atoms with Crippen LogP contribution in [-0.4, -0.2) is 34.0 Å². The smallest absolute Gasteiger partial charge is 0.253 e. The minimum absolute atomic E-state index is 0.0371. The Kier molecular flexibility index (Phi) is 6.50. The highest BCUT2D eigenvalue weighted by Gasteiger charge is 2.27. The number of rotatable bonds is 8. The van der Waals surface area contributed by atoms with Crippen molar-refractivity contribution in [2.24, 2.45) is 0 Å². The van der Waals surface area contributed by atoms with Crippen LogP contribution < -0.4 is 14.8 Å². The van der Waals surface area contributed by atoms with E-state index in [9.17, 15) is 13.2 Å². The summed E-state index contributed by atoms with van der Waals surface area (Å²) in [5.41, 5.74) is 1.05. The molecule has 6 nitrogen and oxygen atoms in total. The van der Waals surface area contributed by atoms with Crippen LogP contribution >= 0.6 is 23.2 Å². The van der Waals surface area contributed by atoms with Crippen molar-refractivity contribution >= 4 is 39.1 Å². The third-order valence-corrected chi connectivity index (χ3v) is 6.57. The summed E-state index contributed by atoms with van der Waals surface area (Å²) < 4.78 is 33.0. The summed E-state index contributed by atoms with van der Waals surface area (Å²) in [5, 5.41) is 2.87. The summed E-state index contributed by atoms with van der Waals surface area (Å²) >= 11 is 12.2. The summed E-state index contributed by atoms with van der Waals surface area (Å²) in [7, 11) is -2.32. The predicted octanol–water partition coefficient (Wildman–Crippen LogP) is 3.42. The second kappa shape index (κ2) is 8.69. The van der Waals surface area contributed by atoms with Crippen LogP contribution in [0.25, 0.3) is 0 Å². The molecule has 1 amide bonds. The van der Waals surface area contributed by atoms with Gasteiger partial charge in [-0.15, -0.1) is 0 Å². The minimum Gasteiger partial charge on any atom is -0.497 e. The van der Waals surface area contributed by atoms with Gasteiger partial charge in [-0.1, -0.05) is 35.3 Å². The molecule has 1 saturated carbocycles. The largest absolute Gasteiger partial charge is 0.497 e. The Morgan fingerprint density at radius 3 is 2.43 bits per heavy atom. The molecule has 0 aromatic heterocycles. The van der Waals surface area contributed by atoms with Gasteiger partial charge >= 0.3 is 0 Å². The highest BCUT2D eigenvalue weighted by Crippen LogP contribution is 2.29. The van der Waals surface area contributed by atoms with Gasteiger partial charge in [-0.25, -0.2) is 13.1 Å². The Bertz CT molecular complexity index is 974. The molecule has 0 saturated heterocycles. The second-order valence-electron chi connectivity index (χ2n) is 6.51. The average Bonchev–Trinajstić information content (AvgIpc) is 3.45. The van der Waals surface area contributed by atoms with Gasteiger partial charge in [0, 0.05) is 12.6 Å². The molecule has 0 heterocycles. The van der Waals surface area contributed by atoms with Gasteiger partial charge in [-0.05, 0) is 49.1 Å². The van der Waals surface area contributed by atoms with Crippen molar-refractivity contribution < 1.29 is 17.9 Å². The van der Waals surface area contributed by atoms with Crippen molar-refractivity contribution in [3.05, 3.63) is 57.6 Å². The molecule has 150 valence electrons. The molecule has 0 radical (unpaired) electrons. The second-order valence-corrected chi connectivity index (χ2v) is 9.06. The van der Waals surface area contributed by atoms with E-state index in [0.29, 0.717) is 6.42 Å². The Hall–Kier alpha value is -1.80. The molecule has 1 fully saturated rings. The number of methoxy groups -OCH3 is 1. The normalized spacial score (nSPS) is 14.0. The first-order chi connectivity index (χ1) is 13.3. The first-order valence-corrected chi connectivity index (χ1v) is 11.0.